The summed E-state index contributed by atoms with van der Waals surface area (Å²) in [4.78, 5) is 83.8. The molecule has 1 aromatic rings. The summed E-state index contributed by atoms with van der Waals surface area (Å²) >= 11 is 0. The third-order valence-corrected chi connectivity index (χ3v) is 6.61. The zero-order valence-corrected chi connectivity index (χ0v) is 26.7. The smallest absolute Gasteiger partial charge is 0.303 e. The number of nitrogens with one attached hydrogen (secondary N) is 4. The number of nitrogens with two attached hydrogens (primary N) is 2. The fraction of sp³-hybridized carbons (Fsp3) is 0.600. The second-order valence-electron chi connectivity index (χ2n) is 11.2. The number of rotatable bonds is 23. The lowest BCUT2D eigenvalue weighted by atomic mass is 10.0. The van der Waals surface area contributed by atoms with Crippen LogP contribution in [0.5, 0.6) is 0 Å². The van der Waals surface area contributed by atoms with Gasteiger partial charge in [0.15, 0.2) is 0 Å². The number of aromatic nitrogens is 1. The number of carboxylic acid groups (broad SMARTS) is 1. The van der Waals surface area contributed by atoms with E-state index in [1.165, 1.54) is 13.1 Å². The third-order valence-electron chi connectivity index (χ3n) is 6.61. The molecule has 0 aliphatic heterocycles. The summed E-state index contributed by atoms with van der Waals surface area (Å²) in [6.07, 6.45) is 6.11. The molecule has 0 bridgehead atoms. The molecule has 16 nitrogen and oxygen atoms in total. The third kappa shape index (κ3) is 17.0. The number of hydrogen-bond acceptors (Lipinski definition) is 10. The van der Waals surface area contributed by atoms with E-state index in [2.05, 4.69) is 31.4 Å². The largest absolute Gasteiger partial charge is 0.481 e. The Kier molecular flexibility index (Phi) is 18.8. The summed E-state index contributed by atoms with van der Waals surface area (Å²) in [5.41, 5.74) is 11.7. The number of hydrogen-bond donors (Lipinski definition) is 7. The second kappa shape index (κ2) is 22.0. The van der Waals surface area contributed by atoms with Crippen molar-refractivity contribution in [3.05, 3.63) is 30.1 Å². The van der Waals surface area contributed by atoms with Gasteiger partial charge in [0.05, 0.1) is 6.21 Å². The van der Waals surface area contributed by atoms with Gasteiger partial charge in [0, 0.05) is 31.3 Å². The van der Waals surface area contributed by atoms with Crippen molar-refractivity contribution in [2.24, 2.45) is 22.5 Å². The summed E-state index contributed by atoms with van der Waals surface area (Å²) in [5.74, 6) is -4.55. The quantitative estimate of drug-likeness (QED) is 0.0463. The number of oxime groups is 1. The van der Waals surface area contributed by atoms with Gasteiger partial charge in [-0.2, -0.15) is 0 Å². The van der Waals surface area contributed by atoms with Crippen molar-refractivity contribution in [2.45, 2.75) is 96.3 Å². The van der Waals surface area contributed by atoms with Crippen molar-refractivity contribution < 1.29 is 38.7 Å². The Morgan fingerprint density at radius 2 is 1.52 bits per heavy atom. The number of amides is 5. The van der Waals surface area contributed by atoms with Gasteiger partial charge in [-0.3, -0.25) is 33.8 Å². The van der Waals surface area contributed by atoms with Gasteiger partial charge in [-0.1, -0.05) is 25.1 Å². The number of aliphatic carboxylic acids is 1. The molecule has 0 unspecified atom stereocenters. The molecule has 0 saturated heterocycles. The first kappa shape index (κ1) is 39.4. The predicted molar refractivity (Wildman–Crippen MR) is 169 cm³/mol. The van der Waals surface area contributed by atoms with E-state index in [1.807, 2.05) is 13.8 Å². The molecule has 0 saturated carbocycles. The molecule has 4 atom stereocenters. The van der Waals surface area contributed by atoms with E-state index in [-0.39, 0.29) is 38.2 Å². The van der Waals surface area contributed by atoms with Crippen LogP contribution in [-0.4, -0.2) is 89.1 Å². The van der Waals surface area contributed by atoms with Crippen molar-refractivity contribution in [1.82, 2.24) is 26.3 Å². The van der Waals surface area contributed by atoms with Crippen LogP contribution < -0.4 is 32.7 Å². The van der Waals surface area contributed by atoms with E-state index in [4.69, 9.17) is 21.4 Å². The van der Waals surface area contributed by atoms with Crippen molar-refractivity contribution in [3.63, 3.8) is 0 Å². The lowest BCUT2D eigenvalue weighted by Crippen LogP contribution is -2.58. The number of unbranched alkanes of at least 4 members (excludes halogenated alkanes) is 1. The minimum Gasteiger partial charge on any atom is -0.481 e. The first-order valence-corrected chi connectivity index (χ1v) is 15.3. The molecule has 0 aliphatic rings. The van der Waals surface area contributed by atoms with Crippen LogP contribution in [0, 0.1) is 5.92 Å². The van der Waals surface area contributed by atoms with Gasteiger partial charge in [0.2, 0.25) is 29.5 Å². The molecule has 0 radical (unpaired) electrons. The number of nitrogens with zero attached hydrogens (tertiary/aromatic N) is 2. The molecule has 5 amide bonds. The minimum atomic E-state index is -1.25. The molecule has 46 heavy (non-hydrogen) atoms. The summed E-state index contributed by atoms with van der Waals surface area (Å²) in [6, 6.07) is -0.854. The topological polar surface area (TPSA) is 257 Å². The van der Waals surface area contributed by atoms with E-state index in [0.717, 1.165) is 5.56 Å². The summed E-state index contributed by atoms with van der Waals surface area (Å²) in [5, 5.41) is 23.2. The molecular weight excluding hydrogens is 600 g/mol. The van der Waals surface area contributed by atoms with Crippen LogP contribution in [0.2, 0.25) is 0 Å². The average molecular weight is 649 g/mol. The Labute approximate surface area is 268 Å². The van der Waals surface area contributed by atoms with E-state index < -0.39 is 66.1 Å². The van der Waals surface area contributed by atoms with Gasteiger partial charge in [-0.15, -0.1) is 0 Å². The summed E-state index contributed by atoms with van der Waals surface area (Å²) in [6.45, 7) is 5.45. The van der Waals surface area contributed by atoms with Crippen LogP contribution in [0.25, 0.3) is 0 Å². The first-order chi connectivity index (χ1) is 21.8. The van der Waals surface area contributed by atoms with E-state index in [0.29, 0.717) is 25.8 Å². The van der Waals surface area contributed by atoms with Crippen LogP contribution in [0.1, 0.15) is 77.7 Å². The zero-order chi connectivity index (χ0) is 34.5. The number of carbonyl (C=O) groups is 6. The molecule has 0 aromatic carbocycles. The highest BCUT2D eigenvalue weighted by Crippen LogP contribution is 2.10. The zero-order valence-electron chi connectivity index (χ0n) is 26.7. The summed E-state index contributed by atoms with van der Waals surface area (Å²) < 4.78 is 0. The van der Waals surface area contributed by atoms with Crippen LogP contribution in [-0.2, 0) is 33.6 Å². The minimum absolute atomic E-state index is 0.0626. The Balaban J connectivity index is 2.96. The molecule has 256 valence electrons. The van der Waals surface area contributed by atoms with Gasteiger partial charge in [-0.25, -0.2) is 0 Å². The second-order valence-corrected chi connectivity index (χ2v) is 11.2. The number of carboxylic acids is 1. The van der Waals surface area contributed by atoms with Crippen LogP contribution >= 0.6 is 0 Å². The van der Waals surface area contributed by atoms with E-state index in [1.54, 1.807) is 24.5 Å². The molecule has 1 heterocycles. The Morgan fingerprint density at radius 1 is 0.913 bits per heavy atom. The van der Waals surface area contributed by atoms with Crippen LogP contribution in [0.4, 0.5) is 0 Å². The van der Waals surface area contributed by atoms with Crippen molar-refractivity contribution in [3.8, 4) is 0 Å². The highest BCUT2D eigenvalue weighted by Gasteiger charge is 2.31. The predicted octanol–water partition coefficient (Wildman–Crippen LogP) is -0.303. The highest BCUT2D eigenvalue weighted by atomic mass is 16.6. The summed E-state index contributed by atoms with van der Waals surface area (Å²) in [7, 11) is 0. The number of pyridine rings is 1. The van der Waals surface area contributed by atoms with Crippen molar-refractivity contribution >= 4 is 41.7 Å². The average Bonchev–Trinajstić information content (AvgIpc) is 2.99. The Hall–Kier alpha value is -4.60. The van der Waals surface area contributed by atoms with Crippen LogP contribution in [0.3, 0.4) is 0 Å². The van der Waals surface area contributed by atoms with Gasteiger partial charge in [0.1, 0.15) is 30.8 Å². The molecule has 1 aromatic heterocycles. The molecule has 1 rings (SSSR count). The first-order valence-electron chi connectivity index (χ1n) is 15.3. The van der Waals surface area contributed by atoms with Crippen molar-refractivity contribution in [2.75, 3.05) is 13.2 Å². The fourth-order valence-electron chi connectivity index (χ4n) is 4.30. The maximum atomic E-state index is 13.5. The maximum absolute atomic E-state index is 13.5. The monoisotopic (exact) mass is 648 g/mol. The maximum Gasteiger partial charge on any atom is 0.303 e. The van der Waals surface area contributed by atoms with Crippen molar-refractivity contribution in [1.29, 1.82) is 0 Å². The SMILES string of the molecule is CC(=O)N[C@@H](CCCO/N=C/c1cccnc1)C(=O)N[C@@H](CCCCN)C(=O)N[C@@H](CC(C)C)C(=O)N[C@@H](CCC(=O)O)C(N)=O. The standard InChI is InChI=1S/C30H48N8O8/c1-19(2)16-25(30(45)36-22(27(32)42)11-12-26(40)41)38-29(44)24(9-4-5-13-31)37-28(43)23(35-20(3)39)10-7-15-46-34-18-21-8-6-14-33-17-21/h6,8,14,17-19,22-25H,4-5,7,9-13,15-16,31H2,1-3H3,(H2,32,42)(H,35,39)(H,36,45)(H,37,43)(H,38,44)(H,40,41)/b34-18+/t22-,23-,24-,25-/m0/s1. The van der Waals surface area contributed by atoms with Gasteiger partial charge in [-0.05, 0) is 63.5 Å². The van der Waals surface area contributed by atoms with Gasteiger partial charge in [0.25, 0.3) is 0 Å². The van der Waals surface area contributed by atoms with Crippen LogP contribution in [0.15, 0.2) is 29.7 Å². The van der Waals surface area contributed by atoms with E-state index >= 15 is 0 Å². The highest BCUT2D eigenvalue weighted by molar-refractivity contribution is 5.95. The van der Waals surface area contributed by atoms with E-state index in [9.17, 15) is 28.8 Å². The lowest BCUT2D eigenvalue weighted by Gasteiger charge is -2.27. The molecule has 16 heteroatoms. The molecule has 0 spiro atoms. The molecule has 0 fully saturated rings. The Morgan fingerprint density at radius 3 is 2.09 bits per heavy atom. The molecule has 0 aliphatic carbocycles. The van der Waals surface area contributed by atoms with Gasteiger partial charge < -0.3 is 42.7 Å². The molecular formula is C30H48N8O8. The normalized spacial score (nSPS) is 13.7. The molecule has 9 N–H and O–H groups in total. The Bertz CT molecular complexity index is 1160. The van der Waals surface area contributed by atoms with Gasteiger partial charge >= 0.3 is 5.97 Å². The number of primary amides is 1. The fourth-order valence-corrected chi connectivity index (χ4v) is 4.30. The number of carbonyl (C=O) groups excluding carboxylic acids is 5. The lowest BCUT2D eigenvalue weighted by molar-refractivity contribution is -0.138.